The van der Waals surface area contributed by atoms with E-state index in [1.807, 2.05) is 24.1 Å². The molecule has 0 bridgehead atoms. The number of urea groups is 1. The highest BCUT2D eigenvalue weighted by Gasteiger charge is 2.31. The van der Waals surface area contributed by atoms with Gasteiger partial charge >= 0.3 is 6.03 Å². The van der Waals surface area contributed by atoms with Crippen LogP contribution in [0, 0.1) is 5.92 Å². The van der Waals surface area contributed by atoms with Crippen LogP contribution in [0.2, 0.25) is 0 Å². The molecule has 1 aliphatic heterocycles. The van der Waals surface area contributed by atoms with Crippen LogP contribution < -0.4 is 5.32 Å². The van der Waals surface area contributed by atoms with Gasteiger partial charge in [-0.15, -0.1) is 0 Å². The zero-order valence-electron chi connectivity index (χ0n) is 14.1. The molecule has 1 fully saturated rings. The number of benzene rings is 1. The molecule has 3 rings (SSSR count). The minimum absolute atomic E-state index is 0.0376. The summed E-state index contributed by atoms with van der Waals surface area (Å²) in [7, 11) is 1.86. The lowest BCUT2D eigenvalue weighted by atomic mass is 9.92. The molecule has 1 aromatic carbocycles. The lowest BCUT2D eigenvalue weighted by molar-refractivity contribution is 0.131. The first kappa shape index (κ1) is 17.0. The van der Waals surface area contributed by atoms with E-state index in [1.54, 1.807) is 4.68 Å². The molecule has 1 aromatic heterocycles. The largest absolute Gasteiger partial charge is 0.324 e. The molecule has 5 nitrogen and oxygen atoms in total. The van der Waals surface area contributed by atoms with Crippen LogP contribution in [-0.4, -0.2) is 33.8 Å². The van der Waals surface area contributed by atoms with Crippen molar-refractivity contribution in [3.63, 3.8) is 0 Å². The maximum Gasteiger partial charge on any atom is 0.323 e. The quantitative estimate of drug-likeness (QED) is 0.842. The van der Waals surface area contributed by atoms with E-state index in [9.17, 15) is 4.79 Å². The topological polar surface area (TPSA) is 50.2 Å². The first-order valence-electron chi connectivity index (χ1n) is 8.39. The predicted octanol–water partition coefficient (Wildman–Crippen LogP) is 3.84. The summed E-state index contributed by atoms with van der Waals surface area (Å²) in [6.45, 7) is 3.72. The van der Waals surface area contributed by atoms with Crippen LogP contribution in [0.3, 0.4) is 0 Å². The van der Waals surface area contributed by atoms with Crippen molar-refractivity contribution in [3.8, 4) is 0 Å². The molecule has 0 aliphatic carbocycles. The molecule has 1 N–H and O–H groups in total. The Kier molecular flexibility index (Phi) is 5.23. The maximum absolute atomic E-state index is 12.3. The maximum atomic E-state index is 12.3. The molecule has 0 spiro atoms. The number of hydrogen-bond acceptors (Lipinski definition) is 2. The summed E-state index contributed by atoms with van der Waals surface area (Å²) in [5.74, 6) is 1.29. The van der Waals surface area contributed by atoms with Gasteiger partial charge in [-0.25, -0.2) is 4.79 Å². The summed E-state index contributed by atoms with van der Waals surface area (Å²) in [4.78, 5) is 14.2. The molecule has 0 atom stereocenters. The monoisotopic (exact) mass is 390 g/mol. The second-order valence-electron chi connectivity index (χ2n) is 6.39. The molecule has 2 amide bonds. The van der Waals surface area contributed by atoms with E-state index < -0.39 is 0 Å². The van der Waals surface area contributed by atoms with Gasteiger partial charge in [0.05, 0.1) is 5.69 Å². The van der Waals surface area contributed by atoms with E-state index in [1.165, 1.54) is 5.56 Å². The number of nitrogens with zero attached hydrogens (tertiary/aromatic N) is 3. The van der Waals surface area contributed by atoms with Crippen LogP contribution in [0.5, 0.6) is 0 Å². The van der Waals surface area contributed by atoms with Gasteiger partial charge in [-0.3, -0.25) is 10.00 Å². The third-order valence-corrected chi connectivity index (χ3v) is 5.16. The first-order valence-corrected chi connectivity index (χ1v) is 9.18. The van der Waals surface area contributed by atoms with Gasteiger partial charge in [0.1, 0.15) is 5.82 Å². The molecular weight excluding hydrogens is 368 g/mol. The average molecular weight is 391 g/mol. The van der Waals surface area contributed by atoms with Gasteiger partial charge in [-0.2, -0.15) is 5.10 Å². The molecule has 0 saturated carbocycles. The molecule has 2 aromatic rings. The highest BCUT2D eigenvalue weighted by Crippen LogP contribution is 2.25. The van der Waals surface area contributed by atoms with Crippen molar-refractivity contribution in [1.82, 2.24) is 14.7 Å². The summed E-state index contributed by atoms with van der Waals surface area (Å²) in [6, 6.07) is 10.2. The van der Waals surface area contributed by atoms with Crippen molar-refractivity contribution in [1.29, 1.82) is 0 Å². The predicted molar refractivity (Wildman–Crippen MR) is 99.1 cm³/mol. The lowest BCUT2D eigenvalue weighted by Gasteiger charge is -2.39. The number of rotatable bonds is 5. The highest BCUT2D eigenvalue weighted by molar-refractivity contribution is 9.10. The Balaban J connectivity index is 1.51. The van der Waals surface area contributed by atoms with Crippen molar-refractivity contribution in [2.75, 3.05) is 18.4 Å². The Morgan fingerprint density at radius 3 is 2.83 bits per heavy atom. The van der Waals surface area contributed by atoms with Gasteiger partial charge < -0.3 is 4.90 Å². The molecule has 2 heterocycles. The third-order valence-electron chi connectivity index (χ3n) is 4.38. The number of carbonyl (C=O) groups excluding carboxylic acids is 1. The molecule has 1 aliphatic rings. The Morgan fingerprint density at radius 2 is 2.12 bits per heavy atom. The number of anilines is 1. The number of amides is 2. The number of aromatic nitrogens is 2. The van der Waals surface area contributed by atoms with Crippen molar-refractivity contribution in [2.45, 2.75) is 26.2 Å². The minimum atomic E-state index is -0.0376. The van der Waals surface area contributed by atoms with E-state index in [2.05, 4.69) is 51.5 Å². The zero-order valence-corrected chi connectivity index (χ0v) is 15.7. The summed E-state index contributed by atoms with van der Waals surface area (Å²) >= 11 is 3.59. The van der Waals surface area contributed by atoms with Crippen LogP contribution in [-0.2, 0) is 19.9 Å². The number of nitrogens with one attached hydrogen (secondary N) is 1. The van der Waals surface area contributed by atoms with E-state index in [0.29, 0.717) is 5.92 Å². The summed E-state index contributed by atoms with van der Waals surface area (Å²) in [6.07, 6.45) is 2.98. The fraction of sp³-hybridized carbons (Fsp3) is 0.444. The molecule has 0 unspecified atom stereocenters. The first-order chi connectivity index (χ1) is 11.6. The molecule has 128 valence electrons. The van der Waals surface area contributed by atoms with E-state index in [0.717, 1.165) is 48.3 Å². The fourth-order valence-corrected chi connectivity index (χ4v) is 3.50. The van der Waals surface area contributed by atoms with Gasteiger partial charge in [-0.1, -0.05) is 47.5 Å². The second-order valence-corrected chi connectivity index (χ2v) is 7.25. The molecule has 24 heavy (non-hydrogen) atoms. The Morgan fingerprint density at radius 1 is 1.38 bits per heavy atom. The van der Waals surface area contributed by atoms with Crippen LogP contribution in [0.25, 0.3) is 0 Å². The molecule has 1 saturated heterocycles. The zero-order chi connectivity index (χ0) is 17.1. The van der Waals surface area contributed by atoms with Gasteiger partial charge in [0.15, 0.2) is 0 Å². The van der Waals surface area contributed by atoms with Crippen LogP contribution >= 0.6 is 15.9 Å². The number of carbonyl (C=O) groups is 1. The van der Waals surface area contributed by atoms with Crippen molar-refractivity contribution >= 4 is 27.8 Å². The van der Waals surface area contributed by atoms with Crippen molar-refractivity contribution in [2.24, 2.45) is 13.0 Å². The van der Waals surface area contributed by atoms with E-state index >= 15 is 0 Å². The number of halogens is 1. The van der Waals surface area contributed by atoms with Gasteiger partial charge in [0.25, 0.3) is 0 Å². The van der Waals surface area contributed by atoms with Crippen LogP contribution in [0.15, 0.2) is 34.8 Å². The van der Waals surface area contributed by atoms with Gasteiger partial charge in [0, 0.05) is 30.7 Å². The summed E-state index contributed by atoms with van der Waals surface area (Å²) in [5, 5.41) is 7.38. The standard InChI is InChI=1S/C18H23BrN4O/c1-3-6-15-10-17(22(2)21-15)20-18(24)23-11-13(12-23)9-14-7-4-5-8-16(14)19/h4-5,7-8,10,13H,3,6,9,11-12H2,1-2H3,(H,20,24). The van der Waals surface area contributed by atoms with Gasteiger partial charge in [-0.05, 0) is 30.4 Å². The van der Waals surface area contributed by atoms with Crippen LogP contribution in [0.4, 0.5) is 10.6 Å². The second kappa shape index (κ2) is 7.38. The Labute approximate surface area is 151 Å². The Bertz CT molecular complexity index is 722. The van der Waals surface area contributed by atoms with E-state index in [4.69, 9.17) is 0 Å². The summed E-state index contributed by atoms with van der Waals surface area (Å²) < 4.78 is 2.88. The molecular formula is C18H23BrN4O. The van der Waals surface area contributed by atoms with E-state index in [-0.39, 0.29) is 6.03 Å². The highest BCUT2D eigenvalue weighted by atomic mass is 79.9. The van der Waals surface area contributed by atoms with Gasteiger partial charge in [0.2, 0.25) is 0 Å². The summed E-state index contributed by atoms with van der Waals surface area (Å²) in [5.41, 5.74) is 2.32. The number of likely N-dealkylation sites (tertiary alicyclic amines) is 1. The third kappa shape index (κ3) is 3.80. The Hall–Kier alpha value is -1.82. The normalized spacial score (nSPS) is 14.5. The van der Waals surface area contributed by atoms with Crippen molar-refractivity contribution in [3.05, 3.63) is 46.1 Å². The minimum Gasteiger partial charge on any atom is -0.324 e. The molecule has 0 radical (unpaired) electrons. The van der Waals surface area contributed by atoms with Crippen molar-refractivity contribution < 1.29 is 4.79 Å². The SMILES string of the molecule is CCCc1cc(NC(=O)N2CC(Cc3ccccc3Br)C2)n(C)n1. The smallest absolute Gasteiger partial charge is 0.323 e. The average Bonchev–Trinajstić information content (AvgIpc) is 2.84. The fourth-order valence-electron chi connectivity index (χ4n) is 3.05. The lowest BCUT2D eigenvalue weighted by Crippen LogP contribution is -2.52. The molecule has 6 heteroatoms. The van der Waals surface area contributed by atoms with Crippen LogP contribution in [0.1, 0.15) is 24.6 Å². The number of hydrogen-bond donors (Lipinski definition) is 1. The number of aryl methyl sites for hydroxylation is 2.